The fraction of sp³-hybridized carbons (Fsp3) is 0.160. The summed E-state index contributed by atoms with van der Waals surface area (Å²) in [7, 11) is -3.66. The molecule has 0 spiro atoms. The highest BCUT2D eigenvalue weighted by Crippen LogP contribution is 2.52. The second-order valence-electron chi connectivity index (χ2n) is 7.20. The Morgan fingerprint density at radius 2 is 1.42 bits per heavy atom. The van der Waals surface area contributed by atoms with Gasteiger partial charge in [-0.1, -0.05) is 60.7 Å². The molecule has 0 saturated heterocycles. The molecule has 0 saturated carbocycles. The third-order valence-corrected chi connectivity index (χ3v) is 7.53. The molecule has 2 heterocycles. The van der Waals surface area contributed by atoms with Crippen molar-refractivity contribution in [3.63, 3.8) is 0 Å². The average molecular weight is 430 g/mol. The predicted octanol–water partition coefficient (Wildman–Crippen LogP) is 6.20. The second kappa shape index (κ2) is 7.93. The number of fused-ring (bicyclic) bond motifs is 5. The molecule has 5 rings (SSSR count). The van der Waals surface area contributed by atoms with Crippen LogP contribution in [0.15, 0.2) is 78.9 Å². The molecule has 156 valence electrons. The van der Waals surface area contributed by atoms with Gasteiger partial charge in [0, 0.05) is 10.9 Å². The lowest BCUT2D eigenvalue weighted by atomic mass is 10.0. The first-order chi connectivity index (χ1) is 15.2. The number of hydrogen-bond donors (Lipinski definition) is 0. The summed E-state index contributed by atoms with van der Waals surface area (Å²) in [6.07, 6.45) is 0. The molecule has 0 radical (unpaired) electrons. The van der Waals surface area contributed by atoms with Gasteiger partial charge >= 0.3 is 7.60 Å². The molecule has 0 aliphatic carbocycles. The molecule has 0 unspecified atom stereocenters. The topological polar surface area (TPSA) is 52.8 Å². The summed E-state index contributed by atoms with van der Waals surface area (Å²) in [6.45, 7) is 4.19. The van der Waals surface area contributed by atoms with Gasteiger partial charge in [0.1, 0.15) is 5.30 Å². The molecular formula is C25H23N2O3P. The van der Waals surface area contributed by atoms with E-state index in [9.17, 15) is 4.57 Å². The van der Waals surface area contributed by atoms with Crippen LogP contribution in [-0.4, -0.2) is 22.6 Å². The summed E-state index contributed by atoms with van der Waals surface area (Å²) in [5.41, 5.74) is 5.16. The van der Waals surface area contributed by atoms with Gasteiger partial charge < -0.3 is 9.05 Å². The number of aromatic nitrogens is 2. The minimum atomic E-state index is -3.66. The Kier molecular flexibility index (Phi) is 5.11. The lowest BCUT2D eigenvalue weighted by Crippen LogP contribution is -2.18. The van der Waals surface area contributed by atoms with Crippen molar-refractivity contribution in [3.05, 3.63) is 78.9 Å². The van der Waals surface area contributed by atoms with Gasteiger partial charge in [-0.3, -0.25) is 8.97 Å². The van der Waals surface area contributed by atoms with Gasteiger partial charge in [0.25, 0.3) is 0 Å². The van der Waals surface area contributed by atoms with Crippen LogP contribution in [0.5, 0.6) is 0 Å². The van der Waals surface area contributed by atoms with E-state index in [0.717, 1.165) is 33.1 Å². The Morgan fingerprint density at radius 1 is 0.806 bits per heavy atom. The molecule has 0 bridgehead atoms. The number of para-hydroxylation sites is 3. The molecule has 3 aromatic carbocycles. The van der Waals surface area contributed by atoms with Crippen molar-refractivity contribution >= 4 is 40.5 Å². The number of benzene rings is 3. The molecule has 0 atom stereocenters. The molecule has 0 aliphatic rings. The first kappa shape index (κ1) is 20.0. The molecule has 6 heteroatoms. The van der Waals surface area contributed by atoms with Crippen molar-refractivity contribution in [2.24, 2.45) is 0 Å². The van der Waals surface area contributed by atoms with E-state index in [2.05, 4.69) is 16.5 Å². The van der Waals surface area contributed by atoms with Gasteiger partial charge in [-0.15, -0.1) is 0 Å². The average Bonchev–Trinajstić information content (AvgIpc) is 3.18. The van der Waals surface area contributed by atoms with Gasteiger partial charge in [-0.05, 0) is 37.6 Å². The molecule has 0 aliphatic heterocycles. The maximum atomic E-state index is 14.2. The van der Waals surface area contributed by atoms with Gasteiger partial charge in [0.05, 0.1) is 29.8 Å². The van der Waals surface area contributed by atoms with Gasteiger partial charge in [-0.2, -0.15) is 0 Å². The Morgan fingerprint density at radius 3 is 2.13 bits per heavy atom. The molecule has 0 fully saturated rings. The van der Waals surface area contributed by atoms with E-state index < -0.39 is 7.60 Å². The van der Waals surface area contributed by atoms with E-state index in [4.69, 9.17) is 14.0 Å². The van der Waals surface area contributed by atoms with Crippen molar-refractivity contribution in [2.75, 3.05) is 13.2 Å². The quantitative estimate of drug-likeness (QED) is 0.301. The van der Waals surface area contributed by atoms with Gasteiger partial charge in [-0.25, -0.2) is 4.98 Å². The number of nitrogens with zero attached hydrogens (tertiary/aromatic N) is 2. The summed E-state index contributed by atoms with van der Waals surface area (Å²) in [6, 6.07) is 26.0. The maximum Gasteiger partial charge on any atom is 0.365 e. The Balaban J connectivity index is 2.07. The van der Waals surface area contributed by atoms with Crippen molar-refractivity contribution in [1.82, 2.24) is 9.38 Å². The van der Waals surface area contributed by atoms with Crippen molar-refractivity contribution in [3.8, 4) is 11.1 Å². The zero-order chi connectivity index (χ0) is 21.4. The lowest BCUT2D eigenvalue weighted by Gasteiger charge is -2.23. The smallest absolute Gasteiger partial charge is 0.305 e. The van der Waals surface area contributed by atoms with E-state index in [1.165, 1.54) is 0 Å². The van der Waals surface area contributed by atoms with Crippen LogP contribution in [0, 0.1) is 0 Å². The van der Waals surface area contributed by atoms with Crippen LogP contribution < -0.4 is 5.30 Å². The van der Waals surface area contributed by atoms with Crippen molar-refractivity contribution in [1.29, 1.82) is 0 Å². The number of imidazole rings is 1. The van der Waals surface area contributed by atoms with Crippen LogP contribution >= 0.6 is 7.60 Å². The largest absolute Gasteiger partial charge is 0.365 e. The highest BCUT2D eigenvalue weighted by molar-refractivity contribution is 7.63. The Hall–Kier alpha value is -2.98. The van der Waals surface area contributed by atoms with Crippen LogP contribution in [0.4, 0.5) is 0 Å². The van der Waals surface area contributed by atoms with E-state index >= 15 is 0 Å². The van der Waals surface area contributed by atoms with Gasteiger partial charge in [0.15, 0.2) is 5.65 Å². The number of pyridine rings is 1. The molecular weight excluding hydrogens is 407 g/mol. The van der Waals surface area contributed by atoms with Crippen LogP contribution in [0.3, 0.4) is 0 Å². The van der Waals surface area contributed by atoms with Crippen molar-refractivity contribution in [2.45, 2.75) is 13.8 Å². The normalized spacial score (nSPS) is 12.2. The molecule has 31 heavy (non-hydrogen) atoms. The van der Waals surface area contributed by atoms with E-state index in [1.54, 1.807) is 0 Å². The molecule has 0 amide bonds. The molecule has 5 aromatic rings. The first-order valence-corrected chi connectivity index (χ1v) is 12.0. The predicted molar refractivity (Wildman–Crippen MR) is 126 cm³/mol. The lowest BCUT2D eigenvalue weighted by molar-refractivity contribution is 0.230. The molecule has 5 nitrogen and oxygen atoms in total. The molecule has 0 N–H and O–H groups in total. The van der Waals surface area contributed by atoms with E-state index in [1.807, 2.05) is 80.6 Å². The summed E-state index contributed by atoms with van der Waals surface area (Å²) < 4.78 is 28.0. The van der Waals surface area contributed by atoms with Crippen molar-refractivity contribution < 1.29 is 13.6 Å². The van der Waals surface area contributed by atoms with E-state index in [-0.39, 0.29) is 13.2 Å². The Bertz CT molecular complexity index is 1430. The highest BCUT2D eigenvalue weighted by Gasteiger charge is 2.36. The minimum Gasteiger partial charge on any atom is -0.305 e. The van der Waals surface area contributed by atoms with Crippen LogP contribution in [-0.2, 0) is 13.6 Å². The van der Waals surface area contributed by atoms with Crippen LogP contribution in [0.25, 0.3) is 38.7 Å². The zero-order valence-electron chi connectivity index (χ0n) is 17.5. The van der Waals surface area contributed by atoms with Gasteiger partial charge in [0.2, 0.25) is 0 Å². The fourth-order valence-corrected chi connectivity index (χ4v) is 6.14. The van der Waals surface area contributed by atoms with E-state index in [0.29, 0.717) is 11.0 Å². The second-order valence-corrected chi connectivity index (χ2v) is 9.16. The number of rotatable bonds is 6. The van der Waals surface area contributed by atoms with Crippen LogP contribution in [0.2, 0.25) is 0 Å². The monoisotopic (exact) mass is 430 g/mol. The summed E-state index contributed by atoms with van der Waals surface area (Å²) in [4.78, 5) is 4.91. The summed E-state index contributed by atoms with van der Waals surface area (Å²) in [5, 5.41) is 1.48. The summed E-state index contributed by atoms with van der Waals surface area (Å²) >= 11 is 0. The zero-order valence-corrected chi connectivity index (χ0v) is 18.4. The maximum absolute atomic E-state index is 14.2. The van der Waals surface area contributed by atoms with Crippen LogP contribution in [0.1, 0.15) is 13.8 Å². The number of hydrogen-bond acceptors (Lipinski definition) is 4. The standard InChI is InChI=1S/C25H23N2O3P/c1-3-29-31(28,30-4-2)24-23(18-12-6-5-7-13-18)19-14-8-10-16-21(19)27-22-17-11-9-15-20(22)26-25(24)27/h5-17H,3-4H2,1-2H3. The third-order valence-electron chi connectivity index (χ3n) is 5.36. The SMILES string of the molecule is CCOP(=O)(OCC)c1c(-c2ccccc2)c2ccccc2n2c1nc1ccccc12. The molecule has 2 aromatic heterocycles. The fourth-order valence-electron chi connectivity index (χ4n) is 4.21. The summed E-state index contributed by atoms with van der Waals surface area (Å²) in [5.74, 6) is 0. The highest BCUT2D eigenvalue weighted by atomic mass is 31.2. The minimum absolute atomic E-state index is 0.269. The first-order valence-electron chi connectivity index (χ1n) is 10.4. The third kappa shape index (κ3) is 3.17. The Labute approximate surface area is 180 Å².